The van der Waals surface area contributed by atoms with Crippen LogP contribution in [0.2, 0.25) is 0 Å². The van der Waals surface area contributed by atoms with Crippen molar-refractivity contribution < 1.29 is 4.79 Å². The number of hydrogen-bond acceptors (Lipinski definition) is 1. The summed E-state index contributed by atoms with van der Waals surface area (Å²) in [5.41, 5.74) is 1.26. The predicted octanol–water partition coefficient (Wildman–Crippen LogP) is 3.20. The molecule has 1 aliphatic carbocycles. The maximum atomic E-state index is 10.5. The minimum Gasteiger partial charge on any atom is -0.303 e. The van der Waals surface area contributed by atoms with Crippen molar-refractivity contribution in [2.24, 2.45) is 17.8 Å². The van der Waals surface area contributed by atoms with Crippen LogP contribution in [0, 0.1) is 17.8 Å². The molecular weight excluding hydrogens is 160 g/mol. The van der Waals surface area contributed by atoms with Gasteiger partial charge in [0, 0.05) is 6.42 Å². The van der Waals surface area contributed by atoms with Gasteiger partial charge in [0.1, 0.15) is 6.29 Å². The molecule has 74 valence electrons. The van der Waals surface area contributed by atoms with Crippen molar-refractivity contribution in [1.29, 1.82) is 0 Å². The van der Waals surface area contributed by atoms with Crippen LogP contribution in [-0.2, 0) is 4.79 Å². The van der Waals surface area contributed by atoms with E-state index in [1.54, 1.807) is 0 Å². The molecule has 1 rings (SSSR count). The molecule has 0 aromatic rings. The van der Waals surface area contributed by atoms with Crippen molar-refractivity contribution in [2.45, 2.75) is 39.5 Å². The fraction of sp³-hybridized carbons (Fsp3) is 0.750. The van der Waals surface area contributed by atoms with E-state index in [9.17, 15) is 4.79 Å². The molecule has 0 aliphatic heterocycles. The Labute approximate surface area is 81.2 Å². The molecule has 0 aromatic carbocycles. The van der Waals surface area contributed by atoms with E-state index < -0.39 is 0 Å². The Morgan fingerprint density at radius 3 is 2.77 bits per heavy atom. The van der Waals surface area contributed by atoms with Gasteiger partial charge in [-0.15, -0.1) is 0 Å². The number of hydrogen-bond donors (Lipinski definition) is 0. The summed E-state index contributed by atoms with van der Waals surface area (Å²) in [7, 11) is 0. The van der Waals surface area contributed by atoms with Crippen molar-refractivity contribution in [3.05, 3.63) is 12.2 Å². The fourth-order valence-corrected chi connectivity index (χ4v) is 2.53. The van der Waals surface area contributed by atoms with Gasteiger partial charge in [-0.25, -0.2) is 0 Å². The first kappa shape index (κ1) is 10.5. The molecular formula is C12H20O. The first-order valence-corrected chi connectivity index (χ1v) is 5.24. The Hall–Kier alpha value is -0.590. The Bertz CT molecular complexity index is 195. The Balaban J connectivity index is 2.59. The molecule has 0 spiro atoms. The number of carbonyl (C=O) groups excluding carboxylic acids is 1. The number of allylic oxidation sites excluding steroid dienone is 1. The van der Waals surface area contributed by atoms with Crippen LogP contribution in [-0.4, -0.2) is 6.29 Å². The molecule has 13 heavy (non-hydrogen) atoms. The molecule has 0 bridgehead atoms. The van der Waals surface area contributed by atoms with E-state index in [0.29, 0.717) is 11.8 Å². The Morgan fingerprint density at radius 2 is 2.23 bits per heavy atom. The monoisotopic (exact) mass is 180 g/mol. The third kappa shape index (κ3) is 2.68. The molecule has 0 amide bonds. The van der Waals surface area contributed by atoms with Gasteiger partial charge in [-0.1, -0.05) is 25.5 Å². The molecule has 1 fully saturated rings. The van der Waals surface area contributed by atoms with Gasteiger partial charge in [0.15, 0.2) is 0 Å². The van der Waals surface area contributed by atoms with Gasteiger partial charge in [-0.3, -0.25) is 0 Å². The van der Waals surface area contributed by atoms with Crippen LogP contribution in [0.15, 0.2) is 12.2 Å². The van der Waals surface area contributed by atoms with Crippen LogP contribution in [0.5, 0.6) is 0 Å². The zero-order valence-corrected chi connectivity index (χ0v) is 8.75. The van der Waals surface area contributed by atoms with Gasteiger partial charge in [0.2, 0.25) is 0 Å². The second-order valence-electron chi connectivity index (χ2n) is 4.53. The normalized spacial score (nSPS) is 34.2. The van der Waals surface area contributed by atoms with Crippen molar-refractivity contribution >= 4 is 6.29 Å². The van der Waals surface area contributed by atoms with E-state index in [1.165, 1.54) is 24.8 Å². The van der Waals surface area contributed by atoms with Crippen LogP contribution >= 0.6 is 0 Å². The highest BCUT2D eigenvalue weighted by Gasteiger charge is 2.28. The second kappa shape index (κ2) is 4.59. The summed E-state index contributed by atoms with van der Waals surface area (Å²) < 4.78 is 0. The minimum absolute atomic E-state index is 0.568. The number of rotatable bonds is 3. The first-order chi connectivity index (χ1) is 6.15. The van der Waals surface area contributed by atoms with Crippen LogP contribution < -0.4 is 0 Å². The highest BCUT2D eigenvalue weighted by Crippen LogP contribution is 2.38. The maximum Gasteiger partial charge on any atom is 0.120 e. The fourth-order valence-electron chi connectivity index (χ4n) is 2.53. The lowest BCUT2D eigenvalue weighted by molar-refractivity contribution is -0.109. The second-order valence-corrected chi connectivity index (χ2v) is 4.53. The van der Waals surface area contributed by atoms with E-state index in [4.69, 9.17) is 0 Å². The van der Waals surface area contributed by atoms with Crippen molar-refractivity contribution in [3.63, 3.8) is 0 Å². The van der Waals surface area contributed by atoms with Gasteiger partial charge in [0.25, 0.3) is 0 Å². The van der Waals surface area contributed by atoms with E-state index in [2.05, 4.69) is 20.4 Å². The summed E-state index contributed by atoms with van der Waals surface area (Å²) in [4.78, 5) is 10.5. The molecule has 1 saturated carbocycles. The lowest BCUT2D eigenvalue weighted by atomic mass is 9.71. The minimum atomic E-state index is 0.568. The maximum absolute atomic E-state index is 10.5. The Kier molecular flexibility index (Phi) is 3.71. The zero-order chi connectivity index (χ0) is 9.84. The van der Waals surface area contributed by atoms with Gasteiger partial charge in [-0.2, -0.15) is 0 Å². The summed E-state index contributed by atoms with van der Waals surface area (Å²) in [5, 5.41) is 0. The molecule has 0 unspecified atom stereocenters. The van der Waals surface area contributed by atoms with Gasteiger partial charge in [-0.05, 0) is 37.5 Å². The van der Waals surface area contributed by atoms with E-state index in [0.717, 1.165) is 18.6 Å². The molecule has 0 heterocycles. The molecule has 1 nitrogen and oxygen atoms in total. The largest absolute Gasteiger partial charge is 0.303 e. The average molecular weight is 180 g/mol. The number of aldehydes is 1. The lowest BCUT2D eigenvalue weighted by Crippen LogP contribution is -2.24. The molecule has 1 heteroatoms. The highest BCUT2D eigenvalue weighted by atomic mass is 16.1. The summed E-state index contributed by atoms with van der Waals surface area (Å²) in [6.45, 7) is 8.40. The Morgan fingerprint density at radius 1 is 1.54 bits per heavy atom. The summed E-state index contributed by atoms with van der Waals surface area (Å²) >= 11 is 0. The zero-order valence-electron chi connectivity index (χ0n) is 8.75. The van der Waals surface area contributed by atoms with Crippen molar-refractivity contribution in [2.75, 3.05) is 0 Å². The van der Waals surface area contributed by atoms with Crippen LogP contribution in [0.25, 0.3) is 0 Å². The first-order valence-electron chi connectivity index (χ1n) is 5.24. The van der Waals surface area contributed by atoms with Crippen molar-refractivity contribution in [3.8, 4) is 0 Å². The average Bonchev–Trinajstić information content (AvgIpc) is 2.04. The summed E-state index contributed by atoms with van der Waals surface area (Å²) in [6, 6.07) is 0. The van der Waals surface area contributed by atoms with E-state index >= 15 is 0 Å². The van der Waals surface area contributed by atoms with E-state index in [-0.39, 0.29) is 0 Å². The topological polar surface area (TPSA) is 17.1 Å². The summed E-state index contributed by atoms with van der Waals surface area (Å²) in [5.74, 6) is 1.96. The molecule has 0 N–H and O–H groups in total. The predicted molar refractivity (Wildman–Crippen MR) is 55.5 cm³/mol. The smallest absolute Gasteiger partial charge is 0.120 e. The molecule has 0 saturated heterocycles. The van der Waals surface area contributed by atoms with E-state index in [1.807, 2.05) is 0 Å². The molecule has 0 aromatic heterocycles. The third-order valence-corrected chi connectivity index (χ3v) is 3.28. The summed E-state index contributed by atoms with van der Waals surface area (Å²) in [6.07, 6.45) is 5.53. The molecule has 1 aliphatic rings. The van der Waals surface area contributed by atoms with Gasteiger partial charge >= 0.3 is 0 Å². The third-order valence-electron chi connectivity index (χ3n) is 3.28. The number of carbonyl (C=O) groups is 1. The lowest BCUT2D eigenvalue weighted by Gasteiger charge is -2.34. The van der Waals surface area contributed by atoms with Crippen LogP contribution in [0.4, 0.5) is 0 Å². The highest BCUT2D eigenvalue weighted by molar-refractivity contribution is 5.50. The molecule has 3 atom stereocenters. The van der Waals surface area contributed by atoms with Crippen LogP contribution in [0.1, 0.15) is 39.5 Å². The quantitative estimate of drug-likeness (QED) is 0.481. The van der Waals surface area contributed by atoms with Crippen LogP contribution in [0.3, 0.4) is 0 Å². The molecule has 0 radical (unpaired) electrons. The van der Waals surface area contributed by atoms with Gasteiger partial charge < -0.3 is 4.79 Å². The standard InChI is InChI=1S/C12H20O/c1-9(2)12-5-4-10(3)8-11(12)6-7-13/h7,10-12H,1,4-6,8H2,2-3H3/t10-,11+,12+/m1/s1. The van der Waals surface area contributed by atoms with Gasteiger partial charge in [0.05, 0.1) is 0 Å². The van der Waals surface area contributed by atoms with Crippen molar-refractivity contribution in [1.82, 2.24) is 0 Å². The SMILES string of the molecule is C=C(C)[C@@H]1CC[C@@H](C)C[C@@H]1CC=O.